The number of fused-ring (bicyclic) bond motifs is 1. The molecule has 2 aromatic carbocycles. The third kappa shape index (κ3) is 4.98. The van der Waals surface area contributed by atoms with Crippen LogP contribution in [0.2, 0.25) is 0 Å². The Morgan fingerprint density at radius 1 is 1.00 bits per heavy atom. The number of pyridine rings is 1. The summed E-state index contributed by atoms with van der Waals surface area (Å²) in [4.78, 5) is 20.5. The van der Waals surface area contributed by atoms with Crippen molar-refractivity contribution >= 4 is 16.9 Å². The number of rotatable bonds is 6. The average Bonchev–Trinajstić information content (AvgIpc) is 3.43. The van der Waals surface area contributed by atoms with Crippen molar-refractivity contribution in [3.8, 4) is 5.69 Å². The Balaban J connectivity index is 1.29. The lowest BCUT2D eigenvalue weighted by molar-refractivity contribution is 0.0948. The molecule has 1 saturated heterocycles. The van der Waals surface area contributed by atoms with E-state index in [0.29, 0.717) is 18.0 Å². The minimum atomic E-state index is -0.0518. The maximum Gasteiger partial charge on any atom is 0.252 e. The fraction of sp³-hybridized carbons (Fsp3) is 0.345. The van der Waals surface area contributed by atoms with Gasteiger partial charge in [-0.25, -0.2) is 9.67 Å². The van der Waals surface area contributed by atoms with Gasteiger partial charge in [-0.2, -0.15) is 5.10 Å². The molecule has 2 aromatic heterocycles. The number of likely N-dealkylation sites (tertiary alicyclic amines) is 1. The van der Waals surface area contributed by atoms with Crippen LogP contribution in [0.25, 0.3) is 16.7 Å². The second-order valence-electron chi connectivity index (χ2n) is 9.93. The highest BCUT2D eigenvalue weighted by atomic mass is 16.1. The van der Waals surface area contributed by atoms with Crippen molar-refractivity contribution in [3.63, 3.8) is 0 Å². The number of amides is 1. The molecule has 1 atom stereocenters. The minimum Gasteiger partial charge on any atom is -0.352 e. The van der Waals surface area contributed by atoms with Crippen molar-refractivity contribution in [1.29, 1.82) is 0 Å². The Hall–Kier alpha value is -3.51. The zero-order valence-electron chi connectivity index (χ0n) is 21.0. The average molecular weight is 468 g/mol. The Kier molecular flexibility index (Phi) is 6.39. The van der Waals surface area contributed by atoms with Crippen LogP contribution in [0, 0.1) is 33.6 Å². The van der Waals surface area contributed by atoms with Crippen molar-refractivity contribution in [2.24, 2.45) is 5.92 Å². The molecule has 1 N–H and O–H groups in total. The number of carbonyl (C=O) groups excluding carboxylic acids is 1. The Morgan fingerprint density at radius 3 is 2.40 bits per heavy atom. The normalized spacial score (nSPS) is 16.2. The minimum absolute atomic E-state index is 0.0518. The van der Waals surface area contributed by atoms with Gasteiger partial charge in [-0.1, -0.05) is 47.5 Å². The number of hydrogen-bond acceptors (Lipinski definition) is 4. The van der Waals surface area contributed by atoms with Gasteiger partial charge < -0.3 is 5.32 Å². The highest BCUT2D eigenvalue weighted by molar-refractivity contribution is 6.06. The van der Waals surface area contributed by atoms with Gasteiger partial charge in [0.25, 0.3) is 5.91 Å². The van der Waals surface area contributed by atoms with Crippen molar-refractivity contribution in [3.05, 3.63) is 88.2 Å². The molecule has 6 nitrogen and oxygen atoms in total. The maximum atomic E-state index is 13.3. The van der Waals surface area contributed by atoms with Crippen LogP contribution < -0.4 is 5.32 Å². The number of benzene rings is 2. The smallest absolute Gasteiger partial charge is 0.252 e. The molecule has 1 amide bonds. The number of aromatic nitrogens is 3. The van der Waals surface area contributed by atoms with Crippen molar-refractivity contribution in [1.82, 2.24) is 25.0 Å². The van der Waals surface area contributed by atoms with Crippen LogP contribution in [0.15, 0.2) is 54.6 Å². The Labute approximate surface area is 207 Å². The lowest BCUT2D eigenvalue weighted by Crippen LogP contribution is -2.31. The molecule has 4 aromatic rings. The van der Waals surface area contributed by atoms with Crippen molar-refractivity contribution < 1.29 is 4.79 Å². The first-order valence-electron chi connectivity index (χ1n) is 12.4. The second kappa shape index (κ2) is 9.62. The first kappa shape index (κ1) is 23.2. The van der Waals surface area contributed by atoms with Crippen LogP contribution in [-0.2, 0) is 6.54 Å². The predicted octanol–water partition coefficient (Wildman–Crippen LogP) is 4.91. The van der Waals surface area contributed by atoms with E-state index in [9.17, 15) is 4.79 Å². The molecule has 6 heteroatoms. The SMILES string of the molecule is Cc1ccc(CN2CC[C@@H](CNC(=O)c3cc(C)nc4c3c(C)nn4-c3ccc(C)cc3)C2)cc1. The Bertz CT molecular complexity index is 1350. The summed E-state index contributed by atoms with van der Waals surface area (Å²) in [6, 6.07) is 18.8. The summed E-state index contributed by atoms with van der Waals surface area (Å²) < 4.78 is 1.84. The van der Waals surface area contributed by atoms with Crippen LogP contribution >= 0.6 is 0 Å². The third-order valence-electron chi connectivity index (χ3n) is 6.91. The van der Waals surface area contributed by atoms with E-state index in [0.717, 1.165) is 54.2 Å². The van der Waals surface area contributed by atoms with E-state index in [1.54, 1.807) is 0 Å². The van der Waals surface area contributed by atoms with Crippen molar-refractivity contribution in [2.45, 2.75) is 40.7 Å². The quantitative estimate of drug-likeness (QED) is 0.438. The van der Waals surface area contributed by atoms with Crippen LogP contribution in [0.3, 0.4) is 0 Å². The molecule has 0 radical (unpaired) electrons. The van der Waals surface area contributed by atoms with Gasteiger partial charge >= 0.3 is 0 Å². The number of aryl methyl sites for hydroxylation is 4. The molecular formula is C29H33N5O. The molecule has 1 fully saturated rings. The van der Waals surface area contributed by atoms with E-state index >= 15 is 0 Å². The van der Waals surface area contributed by atoms with Crippen LogP contribution in [0.1, 0.15) is 44.9 Å². The summed E-state index contributed by atoms with van der Waals surface area (Å²) in [6.07, 6.45) is 1.10. The first-order valence-corrected chi connectivity index (χ1v) is 12.4. The summed E-state index contributed by atoms with van der Waals surface area (Å²) in [6.45, 7) is 11.8. The fourth-order valence-electron chi connectivity index (χ4n) is 4.97. The molecule has 1 aliphatic rings. The van der Waals surface area contributed by atoms with Gasteiger partial charge in [-0.05, 0) is 70.3 Å². The number of hydrogen-bond donors (Lipinski definition) is 1. The first-order chi connectivity index (χ1) is 16.9. The molecule has 0 aliphatic carbocycles. The van der Waals surface area contributed by atoms with Crippen LogP contribution in [-0.4, -0.2) is 45.2 Å². The van der Waals surface area contributed by atoms with Gasteiger partial charge in [0.1, 0.15) is 0 Å². The molecule has 1 aliphatic heterocycles. The summed E-state index contributed by atoms with van der Waals surface area (Å²) in [5.41, 5.74) is 7.75. The monoisotopic (exact) mass is 467 g/mol. The molecule has 0 unspecified atom stereocenters. The highest BCUT2D eigenvalue weighted by Gasteiger charge is 2.24. The third-order valence-corrected chi connectivity index (χ3v) is 6.91. The molecule has 180 valence electrons. The van der Waals surface area contributed by atoms with E-state index in [2.05, 4.69) is 60.5 Å². The molecule has 3 heterocycles. The molecular weight excluding hydrogens is 434 g/mol. The molecule has 0 bridgehead atoms. The van der Waals surface area contributed by atoms with Gasteiger partial charge in [-0.15, -0.1) is 0 Å². The van der Waals surface area contributed by atoms with E-state index < -0.39 is 0 Å². The fourth-order valence-corrected chi connectivity index (χ4v) is 4.97. The van der Waals surface area contributed by atoms with Gasteiger partial charge in [0.05, 0.1) is 22.3 Å². The number of nitrogens with one attached hydrogen (secondary N) is 1. The lowest BCUT2D eigenvalue weighted by Gasteiger charge is -2.17. The van der Waals surface area contributed by atoms with Gasteiger partial charge in [-0.3, -0.25) is 9.69 Å². The zero-order chi connectivity index (χ0) is 24.5. The maximum absolute atomic E-state index is 13.3. The topological polar surface area (TPSA) is 63.1 Å². The summed E-state index contributed by atoms with van der Waals surface area (Å²) in [5.74, 6) is 0.406. The summed E-state index contributed by atoms with van der Waals surface area (Å²) in [7, 11) is 0. The van der Waals surface area contributed by atoms with E-state index in [4.69, 9.17) is 10.1 Å². The largest absolute Gasteiger partial charge is 0.352 e. The van der Waals surface area contributed by atoms with Gasteiger partial charge in [0, 0.05) is 25.3 Å². The van der Waals surface area contributed by atoms with Gasteiger partial charge in [0.15, 0.2) is 5.65 Å². The molecule has 5 rings (SSSR count). The molecule has 0 saturated carbocycles. The van der Waals surface area contributed by atoms with Crippen LogP contribution in [0.5, 0.6) is 0 Å². The number of carbonyl (C=O) groups is 1. The Morgan fingerprint density at radius 2 is 1.69 bits per heavy atom. The van der Waals surface area contributed by atoms with E-state index in [-0.39, 0.29) is 5.91 Å². The number of nitrogens with zero attached hydrogens (tertiary/aromatic N) is 4. The molecule has 0 spiro atoms. The lowest BCUT2D eigenvalue weighted by atomic mass is 10.1. The second-order valence-corrected chi connectivity index (χ2v) is 9.93. The summed E-state index contributed by atoms with van der Waals surface area (Å²) in [5, 5.41) is 8.76. The van der Waals surface area contributed by atoms with Gasteiger partial charge in [0.2, 0.25) is 0 Å². The van der Waals surface area contributed by atoms with E-state index in [1.807, 2.05) is 36.7 Å². The zero-order valence-corrected chi connectivity index (χ0v) is 21.0. The standard InChI is InChI=1S/C29H33N5O/c1-19-5-9-23(10-6-19)17-33-14-13-24(18-33)16-30-29(35)26-15-21(3)31-28-27(26)22(4)32-34(28)25-11-7-20(2)8-12-25/h5-12,15,24H,13-14,16-18H2,1-4H3,(H,30,35)/t24-/m0/s1. The van der Waals surface area contributed by atoms with Crippen molar-refractivity contribution in [2.75, 3.05) is 19.6 Å². The predicted molar refractivity (Wildman–Crippen MR) is 140 cm³/mol. The van der Waals surface area contributed by atoms with Crippen LogP contribution in [0.4, 0.5) is 0 Å². The highest BCUT2D eigenvalue weighted by Crippen LogP contribution is 2.25. The van der Waals surface area contributed by atoms with E-state index in [1.165, 1.54) is 16.7 Å². The molecule has 35 heavy (non-hydrogen) atoms. The summed E-state index contributed by atoms with van der Waals surface area (Å²) >= 11 is 0.